The molecule has 2 aromatic heterocycles. The number of nitrogens with zero attached hydrogens (tertiary/aromatic N) is 2. The van der Waals surface area contributed by atoms with E-state index < -0.39 is 16.6 Å². The lowest BCUT2D eigenvalue weighted by Gasteiger charge is -2.09. The lowest BCUT2D eigenvalue weighted by atomic mass is 10.1. The van der Waals surface area contributed by atoms with Crippen molar-refractivity contribution in [2.45, 2.75) is 18.4 Å². The highest BCUT2D eigenvalue weighted by atomic mass is 32.2. The summed E-state index contributed by atoms with van der Waals surface area (Å²) in [6.45, 7) is -1.68. The van der Waals surface area contributed by atoms with Crippen LogP contribution in [-0.4, -0.2) is 23.2 Å². The molecule has 0 aliphatic rings. The predicted octanol–water partition coefficient (Wildman–Crippen LogP) is 4.67. The maximum Gasteiger partial charge on any atom is 0.333 e. The van der Waals surface area contributed by atoms with Gasteiger partial charge in [0, 0.05) is 27.8 Å². The maximum absolute atomic E-state index is 13.4. The highest BCUT2D eigenvalue weighted by Gasteiger charge is 2.23. The first-order valence-corrected chi connectivity index (χ1v) is 9.97. The second-order valence-corrected chi connectivity index (χ2v) is 8.07. The number of rotatable bonds is 5. The van der Waals surface area contributed by atoms with Crippen molar-refractivity contribution in [3.05, 3.63) is 66.2 Å². The van der Waals surface area contributed by atoms with Crippen molar-refractivity contribution in [2.24, 2.45) is 0 Å². The molecule has 0 amide bonds. The van der Waals surface area contributed by atoms with Crippen LogP contribution in [0.3, 0.4) is 0 Å². The summed E-state index contributed by atoms with van der Waals surface area (Å²) in [4.78, 5) is 2.82. The van der Waals surface area contributed by atoms with E-state index in [9.17, 15) is 21.6 Å². The lowest BCUT2D eigenvalue weighted by Crippen LogP contribution is -2.14. The zero-order chi connectivity index (χ0) is 20.8. The van der Waals surface area contributed by atoms with Crippen molar-refractivity contribution in [3.63, 3.8) is 0 Å². The summed E-state index contributed by atoms with van der Waals surface area (Å²) in [6, 6.07) is 12.6. The number of halogens is 3. The van der Waals surface area contributed by atoms with Crippen molar-refractivity contribution in [3.8, 4) is 11.3 Å². The third kappa shape index (κ3) is 3.58. The summed E-state index contributed by atoms with van der Waals surface area (Å²) in [7, 11) is -4.11. The summed E-state index contributed by atoms with van der Waals surface area (Å²) >= 11 is 0. The first-order valence-electron chi connectivity index (χ1n) is 8.48. The van der Waals surface area contributed by atoms with Crippen LogP contribution in [0.4, 0.5) is 18.9 Å². The number of H-pyrrole nitrogens is 1. The van der Waals surface area contributed by atoms with Crippen LogP contribution < -0.4 is 4.72 Å². The molecule has 150 valence electrons. The monoisotopic (exact) mass is 420 g/mol. The molecule has 2 heterocycles. The molecule has 0 unspecified atom stereocenters. The van der Waals surface area contributed by atoms with Gasteiger partial charge >= 0.3 is 6.55 Å². The third-order valence-electron chi connectivity index (χ3n) is 4.48. The van der Waals surface area contributed by atoms with Gasteiger partial charge in [0.1, 0.15) is 10.7 Å². The molecule has 0 atom stereocenters. The van der Waals surface area contributed by atoms with Crippen molar-refractivity contribution >= 4 is 26.6 Å². The van der Waals surface area contributed by atoms with E-state index in [1.807, 2.05) is 0 Å². The van der Waals surface area contributed by atoms with Crippen LogP contribution in [0.25, 0.3) is 22.2 Å². The molecule has 6 nitrogen and oxygen atoms in total. The second kappa shape index (κ2) is 6.96. The smallest absolute Gasteiger partial charge is 0.333 e. The number of aromatic amines is 1. The third-order valence-corrected chi connectivity index (χ3v) is 5.97. The van der Waals surface area contributed by atoms with Crippen molar-refractivity contribution < 1.29 is 21.6 Å². The summed E-state index contributed by atoms with van der Waals surface area (Å²) in [5.74, 6) is -0.357. The standard InChI is InChI=1S/C19H15F3N4O2S/c1-11-18(10-23-26(11)19(21)22)29(27,28)25-15-4-2-3-12(8-15)17-9-13-7-14(20)5-6-16(13)24-17/h2-10,19,24-25H,1H3. The van der Waals surface area contributed by atoms with Crippen molar-refractivity contribution in [1.29, 1.82) is 0 Å². The van der Waals surface area contributed by atoms with Crippen LogP contribution in [0.5, 0.6) is 0 Å². The number of fused-ring (bicyclic) bond motifs is 1. The Kier molecular flexibility index (Phi) is 4.58. The van der Waals surface area contributed by atoms with E-state index in [0.717, 1.165) is 11.7 Å². The molecule has 0 fully saturated rings. The van der Waals surface area contributed by atoms with E-state index >= 15 is 0 Å². The quantitative estimate of drug-likeness (QED) is 0.492. The highest BCUT2D eigenvalue weighted by molar-refractivity contribution is 7.92. The molecule has 0 aliphatic heterocycles. The molecular weight excluding hydrogens is 405 g/mol. The number of alkyl halides is 2. The van der Waals surface area contributed by atoms with Crippen LogP contribution >= 0.6 is 0 Å². The first kappa shape index (κ1) is 19.1. The van der Waals surface area contributed by atoms with E-state index in [0.29, 0.717) is 21.3 Å². The molecule has 2 aromatic carbocycles. The normalized spacial score (nSPS) is 12.0. The fourth-order valence-electron chi connectivity index (χ4n) is 3.09. The van der Waals surface area contributed by atoms with E-state index in [4.69, 9.17) is 0 Å². The van der Waals surface area contributed by atoms with Gasteiger partial charge in [-0.1, -0.05) is 12.1 Å². The van der Waals surface area contributed by atoms with E-state index in [2.05, 4.69) is 14.8 Å². The van der Waals surface area contributed by atoms with Gasteiger partial charge in [0.25, 0.3) is 10.0 Å². The molecule has 4 rings (SSSR count). The minimum Gasteiger partial charge on any atom is -0.355 e. The van der Waals surface area contributed by atoms with Crippen LogP contribution in [-0.2, 0) is 10.0 Å². The van der Waals surface area contributed by atoms with E-state index in [1.165, 1.54) is 25.1 Å². The number of nitrogens with one attached hydrogen (secondary N) is 2. The second-order valence-electron chi connectivity index (χ2n) is 6.42. The van der Waals surface area contributed by atoms with Gasteiger partial charge in [0.05, 0.1) is 11.9 Å². The minimum atomic E-state index is -4.11. The zero-order valence-electron chi connectivity index (χ0n) is 15.0. The molecule has 4 aromatic rings. The van der Waals surface area contributed by atoms with Crippen LogP contribution in [0.2, 0.25) is 0 Å². The lowest BCUT2D eigenvalue weighted by molar-refractivity contribution is 0.0541. The Morgan fingerprint density at radius 3 is 2.66 bits per heavy atom. The largest absolute Gasteiger partial charge is 0.355 e. The Labute approximate surface area is 164 Å². The van der Waals surface area contributed by atoms with Crippen LogP contribution in [0.1, 0.15) is 12.2 Å². The number of aromatic nitrogens is 3. The summed E-state index contributed by atoms with van der Waals surface area (Å²) < 4.78 is 67.1. The van der Waals surface area contributed by atoms with E-state index in [-0.39, 0.29) is 22.1 Å². The van der Waals surface area contributed by atoms with Crippen LogP contribution in [0, 0.1) is 12.7 Å². The van der Waals surface area contributed by atoms with Crippen LogP contribution in [0.15, 0.2) is 59.6 Å². The fourth-order valence-corrected chi connectivity index (χ4v) is 4.30. The number of hydrogen-bond donors (Lipinski definition) is 2. The number of sulfonamides is 1. The molecule has 0 saturated carbocycles. The van der Waals surface area contributed by atoms with Gasteiger partial charge in [-0.15, -0.1) is 0 Å². The van der Waals surface area contributed by atoms with Gasteiger partial charge in [-0.05, 0) is 43.3 Å². The molecule has 0 aliphatic carbocycles. The summed E-state index contributed by atoms with van der Waals surface area (Å²) in [5, 5.41) is 4.11. The Morgan fingerprint density at radius 1 is 1.14 bits per heavy atom. The molecule has 0 spiro atoms. The number of anilines is 1. The average molecular weight is 420 g/mol. The van der Waals surface area contributed by atoms with Gasteiger partial charge in [0.15, 0.2) is 0 Å². The zero-order valence-corrected chi connectivity index (χ0v) is 15.8. The Balaban J connectivity index is 1.66. The molecule has 0 saturated heterocycles. The average Bonchev–Trinajstić information content (AvgIpc) is 3.25. The maximum atomic E-state index is 13.4. The topological polar surface area (TPSA) is 79.8 Å². The van der Waals surface area contributed by atoms with Gasteiger partial charge < -0.3 is 4.98 Å². The number of benzene rings is 2. The summed E-state index contributed by atoms with van der Waals surface area (Å²) in [5.41, 5.74) is 2.16. The van der Waals surface area contributed by atoms with Crippen molar-refractivity contribution in [2.75, 3.05) is 4.72 Å². The first-order chi connectivity index (χ1) is 13.7. The van der Waals surface area contributed by atoms with Gasteiger partial charge in [-0.25, -0.2) is 17.5 Å². The Hall–Kier alpha value is -3.27. The molecule has 10 heteroatoms. The highest BCUT2D eigenvalue weighted by Crippen LogP contribution is 2.28. The Bertz CT molecular complexity index is 1310. The molecule has 2 N–H and O–H groups in total. The minimum absolute atomic E-state index is 0.165. The van der Waals surface area contributed by atoms with Crippen molar-refractivity contribution in [1.82, 2.24) is 14.8 Å². The summed E-state index contributed by atoms with van der Waals surface area (Å²) in [6.07, 6.45) is 0.889. The van der Waals surface area contributed by atoms with Gasteiger partial charge in [0.2, 0.25) is 0 Å². The Morgan fingerprint density at radius 2 is 1.93 bits per heavy atom. The molecule has 0 radical (unpaired) electrons. The molecule has 0 bridgehead atoms. The SMILES string of the molecule is Cc1c(S(=O)(=O)Nc2cccc(-c3cc4cc(F)ccc4[nH]3)c2)cnn1C(F)F. The molecular formula is C19H15F3N4O2S. The molecule has 29 heavy (non-hydrogen) atoms. The fraction of sp³-hybridized carbons (Fsp3) is 0.105. The number of hydrogen-bond acceptors (Lipinski definition) is 3. The van der Waals surface area contributed by atoms with E-state index in [1.54, 1.807) is 30.3 Å². The van der Waals surface area contributed by atoms with Gasteiger partial charge in [-0.3, -0.25) is 4.72 Å². The predicted molar refractivity (Wildman–Crippen MR) is 103 cm³/mol. The van der Waals surface area contributed by atoms with Gasteiger partial charge in [-0.2, -0.15) is 13.9 Å².